The lowest BCUT2D eigenvalue weighted by molar-refractivity contribution is -0.384. The average molecular weight is 350 g/mol. The summed E-state index contributed by atoms with van der Waals surface area (Å²) in [6, 6.07) is 2.52. The Kier molecular flexibility index (Phi) is 5.78. The molecule has 0 spiro atoms. The van der Waals surface area contributed by atoms with Gasteiger partial charge in [0.25, 0.3) is 5.69 Å². The zero-order chi connectivity index (χ0) is 13.8. The van der Waals surface area contributed by atoms with Crippen LogP contribution in [0.5, 0.6) is 0 Å². The molecule has 8 nitrogen and oxygen atoms in total. The van der Waals surface area contributed by atoms with E-state index in [1.165, 1.54) is 12.1 Å². The average Bonchev–Trinajstić information content (AvgIpc) is 2.10. The van der Waals surface area contributed by atoms with Crippen molar-refractivity contribution in [1.29, 1.82) is 0 Å². The third-order valence-electron chi connectivity index (χ3n) is 1.27. The first kappa shape index (κ1) is 16.1. The summed E-state index contributed by atoms with van der Waals surface area (Å²) in [7, 11) is -4.67. The van der Waals surface area contributed by atoms with E-state index >= 15 is 0 Å². The molecule has 0 bridgehead atoms. The molecule has 0 aliphatic carbocycles. The summed E-state index contributed by atoms with van der Waals surface area (Å²) < 4.78 is 32.0. The molecular weight excluding hydrogens is 343 g/mol. The van der Waals surface area contributed by atoms with Crippen molar-refractivity contribution in [2.24, 2.45) is 0 Å². The van der Waals surface area contributed by atoms with E-state index in [2.05, 4.69) is 15.9 Å². The molecule has 0 aliphatic rings. The van der Waals surface area contributed by atoms with Crippen LogP contribution in [0.3, 0.4) is 0 Å². The lowest BCUT2D eigenvalue weighted by atomic mass is 10.3. The van der Waals surface area contributed by atoms with Crippen molar-refractivity contribution in [3.8, 4) is 0 Å². The van der Waals surface area contributed by atoms with E-state index in [9.17, 15) is 10.1 Å². The first-order chi connectivity index (χ1) is 7.52. The van der Waals surface area contributed by atoms with E-state index < -0.39 is 15.3 Å². The standard InChI is InChI=1S/C6H4BrClN2O2.H2O4S/c7-4-1-3(10(11)12)2-5(8)6(4)9;1-5(2,3)4/h1-2H,9H2;(H2,1,2,3,4). The Balaban J connectivity index is 0.000000437. The molecule has 0 amide bonds. The van der Waals surface area contributed by atoms with Gasteiger partial charge in [0, 0.05) is 16.6 Å². The van der Waals surface area contributed by atoms with Crippen LogP contribution in [0.25, 0.3) is 0 Å². The number of nitrogens with two attached hydrogens (primary N) is 1. The summed E-state index contributed by atoms with van der Waals surface area (Å²) in [5, 5.41) is 10.5. The topological polar surface area (TPSA) is 144 Å². The number of non-ortho nitro benzene ring substituents is 1. The van der Waals surface area contributed by atoms with Gasteiger partial charge in [0.1, 0.15) is 0 Å². The molecule has 0 fully saturated rings. The number of nitrogen functional groups attached to an aromatic ring is 1. The van der Waals surface area contributed by atoms with Crippen molar-refractivity contribution < 1.29 is 22.4 Å². The SMILES string of the molecule is Nc1c(Cl)cc([N+](=O)[O-])cc1Br.O=S(=O)(O)O. The Bertz CT molecular complexity index is 502. The van der Waals surface area contributed by atoms with Gasteiger partial charge in [-0.3, -0.25) is 19.2 Å². The molecule has 0 saturated heterocycles. The Morgan fingerprint density at radius 2 is 1.82 bits per heavy atom. The predicted molar refractivity (Wildman–Crippen MR) is 64.4 cm³/mol. The van der Waals surface area contributed by atoms with Crippen molar-refractivity contribution in [3.63, 3.8) is 0 Å². The van der Waals surface area contributed by atoms with Gasteiger partial charge in [0.2, 0.25) is 0 Å². The predicted octanol–water partition coefficient (Wildman–Crippen LogP) is 1.94. The lowest BCUT2D eigenvalue weighted by Gasteiger charge is -1.99. The quantitative estimate of drug-likeness (QED) is 0.304. The number of benzene rings is 1. The highest BCUT2D eigenvalue weighted by atomic mass is 79.9. The van der Waals surface area contributed by atoms with Crippen LogP contribution in [0, 0.1) is 10.1 Å². The molecule has 1 rings (SSSR count). The van der Waals surface area contributed by atoms with Crippen LogP contribution >= 0.6 is 27.5 Å². The number of halogens is 2. The van der Waals surface area contributed by atoms with E-state index in [-0.39, 0.29) is 10.7 Å². The van der Waals surface area contributed by atoms with Crippen molar-refractivity contribution in [3.05, 3.63) is 31.7 Å². The fourth-order valence-corrected chi connectivity index (χ4v) is 1.45. The molecule has 0 radical (unpaired) electrons. The van der Waals surface area contributed by atoms with Crippen LogP contribution in [-0.2, 0) is 10.4 Å². The van der Waals surface area contributed by atoms with Crippen molar-refractivity contribution in [2.75, 3.05) is 5.73 Å². The summed E-state index contributed by atoms with van der Waals surface area (Å²) in [5.41, 5.74) is 5.67. The van der Waals surface area contributed by atoms with E-state index in [1.807, 2.05) is 0 Å². The molecule has 1 aromatic carbocycles. The van der Waals surface area contributed by atoms with Crippen LogP contribution in [0.1, 0.15) is 0 Å². The van der Waals surface area contributed by atoms with Crippen LogP contribution in [0.2, 0.25) is 5.02 Å². The summed E-state index contributed by atoms with van der Waals surface area (Å²) in [6.45, 7) is 0. The van der Waals surface area contributed by atoms with E-state index in [0.717, 1.165) is 0 Å². The molecule has 0 atom stereocenters. The van der Waals surface area contributed by atoms with Gasteiger partial charge in [0.05, 0.1) is 15.6 Å². The first-order valence-corrected chi connectivity index (χ1v) is 6.18. The van der Waals surface area contributed by atoms with E-state index in [0.29, 0.717) is 10.2 Å². The molecule has 4 N–H and O–H groups in total. The zero-order valence-electron chi connectivity index (χ0n) is 7.87. The molecule has 17 heavy (non-hydrogen) atoms. The molecule has 11 heteroatoms. The van der Waals surface area contributed by atoms with Gasteiger partial charge >= 0.3 is 10.4 Å². The smallest absolute Gasteiger partial charge is 0.394 e. The van der Waals surface area contributed by atoms with Crippen LogP contribution in [-0.4, -0.2) is 22.4 Å². The third kappa shape index (κ3) is 7.07. The Morgan fingerprint density at radius 3 is 2.12 bits per heavy atom. The number of nitro benzene ring substituents is 1. The third-order valence-corrected chi connectivity index (χ3v) is 2.24. The van der Waals surface area contributed by atoms with Gasteiger partial charge in [-0.25, -0.2) is 0 Å². The molecule has 0 saturated carbocycles. The van der Waals surface area contributed by atoms with Crippen LogP contribution < -0.4 is 5.73 Å². The monoisotopic (exact) mass is 348 g/mol. The van der Waals surface area contributed by atoms with E-state index in [4.69, 9.17) is 34.9 Å². The zero-order valence-corrected chi connectivity index (χ0v) is 11.0. The normalized spacial score (nSPS) is 10.4. The minimum atomic E-state index is -4.67. The van der Waals surface area contributed by atoms with Crippen molar-refractivity contribution >= 4 is 49.3 Å². The fourth-order valence-electron chi connectivity index (χ4n) is 0.676. The molecule has 96 valence electrons. The van der Waals surface area contributed by atoms with Gasteiger partial charge in [-0.15, -0.1) is 0 Å². The summed E-state index contributed by atoms with van der Waals surface area (Å²) in [6.07, 6.45) is 0. The highest BCUT2D eigenvalue weighted by Gasteiger charge is 2.11. The summed E-state index contributed by atoms with van der Waals surface area (Å²) >= 11 is 8.66. The van der Waals surface area contributed by atoms with Crippen molar-refractivity contribution in [1.82, 2.24) is 0 Å². The van der Waals surface area contributed by atoms with E-state index in [1.54, 1.807) is 0 Å². The number of nitro groups is 1. The van der Waals surface area contributed by atoms with Crippen LogP contribution in [0.4, 0.5) is 11.4 Å². The molecule has 0 aromatic heterocycles. The second-order valence-electron chi connectivity index (χ2n) is 2.53. The van der Waals surface area contributed by atoms with Gasteiger partial charge in [-0.05, 0) is 15.9 Å². The fraction of sp³-hybridized carbons (Fsp3) is 0. The molecule has 0 aliphatic heterocycles. The van der Waals surface area contributed by atoms with Crippen molar-refractivity contribution in [2.45, 2.75) is 0 Å². The number of hydrogen-bond donors (Lipinski definition) is 3. The molecule has 0 unspecified atom stereocenters. The maximum Gasteiger partial charge on any atom is 0.394 e. The number of rotatable bonds is 1. The minimum absolute atomic E-state index is 0.0823. The van der Waals surface area contributed by atoms with Gasteiger partial charge in [-0.2, -0.15) is 8.42 Å². The van der Waals surface area contributed by atoms with Gasteiger partial charge < -0.3 is 5.73 Å². The second-order valence-corrected chi connectivity index (χ2v) is 4.69. The minimum Gasteiger partial charge on any atom is -0.397 e. The number of anilines is 1. The first-order valence-electron chi connectivity index (χ1n) is 3.61. The summed E-state index contributed by atoms with van der Waals surface area (Å²) in [5.74, 6) is 0. The highest BCUT2D eigenvalue weighted by molar-refractivity contribution is 9.10. The Morgan fingerprint density at radius 1 is 1.41 bits per heavy atom. The van der Waals surface area contributed by atoms with Gasteiger partial charge in [-0.1, -0.05) is 11.6 Å². The highest BCUT2D eigenvalue weighted by Crippen LogP contribution is 2.32. The molecule has 1 aromatic rings. The second kappa shape index (κ2) is 6.12. The Hall–Kier alpha value is -0.940. The number of hydrogen-bond acceptors (Lipinski definition) is 5. The maximum atomic E-state index is 10.3. The maximum absolute atomic E-state index is 10.3. The van der Waals surface area contributed by atoms with Gasteiger partial charge in [0.15, 0.2) is 0 Å². The number of nitrogens with zero attached hydrogens (tertiary/aromatic N) is 1. The lowest BCUT2D eigenvalue weighted by Crippen LogP contribution is -1.92. The largest absolute Gasteiger partial charge is 0.397 e. The summed E-state index contributed by atoms with van der Waals surface area (Å²) in [4.78, 5) is 9.77. The van der Waals surface area contributed by atoms with Crippen LogP contribution in [0.15, 0.2) is 16.6 Å². The Labute approximate surface area is 109 Å². The molecular formula is C6H6BrClN2O6S. The molecule has 0 heterocycles.